The molecule has 0 amide bonds. The lowest BCUT2D eigenvalue weighted by Crippen LogP contribution is -2.47. The number of aromatic nitrogens is 2. The number of likely N-dealkylation sites (N-methyl/N-ethyl adjacent to an activating group) is 1. The molecular formula is C12H15N3O4. The normalized spacial score (nSPS) is 12.0. The summed E-state index contributed by atoms with van der Waals surface area (Å²) < 4.78 is 10.2. The summed E-state index contributed by atoms with van der Waals surface area (Å²) in [6.07, 6.45) is 1.52. The molecule has 0 spiro atoms. The molecular weight excluding hydrogens is 250 g/mol. The van der Waals surface area contributed by atoms with Crippen molar-refractivity contribution in [3.05, 3.63) is 24.3 Å². The van der Waals surface area contributed by atoms with E-state index in [-0.39, 0.29) is 6.54 Å². The molecule has 1 N–H and O–H groups in total. The van der Waals surface area contributed by atoms with Gasteiger partial charge in [0.05, 0.1) is 12.8 Å². The molecule has 2 rings (SSSR count). The van der Waals surface area contributed by atoms with Crippen LogP contribution in [0.15, 0.2) is 27.3 Å². The number of furan rings is 1. The van der Waals surface area contributed by atoms with Gasteiger partial charge >= 0.3 is 5.97 Å². The number of carboxylic acid groups (broad SMARTS) is 1. The largest absolute Gasteiger partial charge is 0.480 e. The molecule has 7 heteroatoms. The number of carboxylic acids is 1. The molecule has 2 aromatic heterocycles. The predicted molar refractivity (Wildman–Crippen MR) is 65.2 cm³/mol. The van der Waals surface area contributed by atoms with E-state index in [1.165, 1.54) is 6.26 Å². The number of hydrogen-bond donors (Lipinski definition) is 1. The van der Waals surface area contributed by atoms with E-state index in [4.69, 9.17) is 14.0 Å². The van der Waals surface area contributed by atoms with Crippen LogP contribution in [0.2, 0.25) is 0 Å². The fourth-order valence-electron chi connectivity index (χ4n) is 1.39. The Bertz CT molecular complexity index is 559. The molecule has 0 radical (unpaired) electrons. The van der Waals surface area contributed by atoms with Crippen LogP contribution in [-0.4, -0.2) is 38.7 Å². The minimum Gasteiger partial charge on any atom is -0.480 e. The van der Waals surface area contributed by atoms with Gasteiger partial charge in [-0.1, -0.05) is 5.16 Å². The van der Waals surface area contributed by atoms with Gasteiger partial charge in [0.15, 0.2) is 5.76 Å². The molecule has 0 fully saturated rings. The van der Waals surface area contributed by atoms with Gasteiger partial charge in [-0.05, 0) is 33.0 Å². The summed E-state index contributed by atoms with van der Waals surface area (Å²) in [6.45, 7) is 3.46. The minimum absolute atomic E-state index is 0.243. The second-order valence-electron chi connectivity index (χ2n) is 4.71. The van der Waals surface area contributed by atoms with Crippen LogP contribution in [0.25, 0.3) is 11.6 Å². The molecule has 0 aromatic carbocycles. The maximum absolute atomic E-state index is 11.1. The highest BCUT2D eigenvalue weighted by molar-refractivity contribution is 5.77. The zero-order valence-corrected chi connectivity index (χ0v) is 11.0. The molecule has 2 aromatic rings. The van der Waals surface area contributed by atoms with Crippen molar-refractivity contribution >= 4 is 5.97 Å². The fourth-order valence-corrected chi connectivity index (χ4v) is 1.39. The number of rotatable bonds is 5. The Balaban J connectivity index is 2.11. The Morgan fingerprint density at radius 2 is 2.26 bits per heavy atom. The van der Waals surface area contributed by atoms with E-state index < -0.39 is 11.5 Å². The summed E-state index contributed by atoms with van der Waals surface area (Å²) in [4.78, 5) is 16.9. The lowest BCUT2D eigenvalue weighted by molar-refractivity contribution is -0.149. The maximum Gasteiger partial charge on any atom is 0.323 e. The van der Waals surface area contributed by atoms with E-state index in [0.29, 0.717) is 17.5 Å². The summed E-state index contributed by atoms with van der Waals surface area (Å²) in [5, 5.41) is 12.9. The molecule has 0 aliphatic heterocycles. The topological polar surface area (TPSA) is 92.6 Å². The van der Waals surface area contributed by atoms with Crippen LogP contribution in [0, 0.1) is 0 Å². The number of hydrogen-bond acceptors (Lipinski definition) is 6. The molecule has 0 aliphatic carbocycles. The van der Waals surface area contributed by atoms with Gasteiger partial charge in [-0.2, -0.15) is 4.98 Å². The molecule has 7 nitrogen and oxygen atoms in total. The lowest BCUT2D eigenvalue weighted by Gasteiger charge is -2.29. The van der Waals surface area contributed by atoms with Crippen molar-refractivity contribution in [2.75, 3.05) is 7.05 Å². The van der Waals surface area contributed by atoms with Crippen molar-refractivity contribution in [2.45, 2.75) is 25.9 Å². The molecule has 0 atom stereocenters. The standard InChI is InChI=1S/C12H15N3O4/c1-12(2,11(16)17)15(3)7-9-13-10(14-19-9)8-5-4-6-18-8/h4-6H,7H2,1-3H3,(H,16,17). The van der Waals surface area contributed by atoms with E-state index >= 15 is 0 Å². The Morgan fingerprint density at radius 3 is 2.84 bits per heavy atom. The third kappa shape index (κ3) is 2.65. The third-order valence-electron chi connectivity index (χ3n) is 3.06. The molecule has 0 unspecified atom stereocenters. The van der Waals surface area contributed by atoms with Crippen molar-refractivity contribution < 1.29 is 18.8 Å². The molecule has 0 aliphatic rings. The minimum atomic E-state index is -1.01. The molecule has 0 bridgehead atoms. The number of carbonyl (C=O) groups is 1. The van der Waals surface area contributed by atoms with Gasteiger partial charge in [0, 0.05) is 0 Å². The summed E-state index contributed by atoms with van der Waals surface area (Å²) in [5.74, 6) is 0.278. The molecule has 0 saturated carbocycles. The SMILES string of the molecule is CN(Cc1nc(-c2ccco2)no1)C(C)(C)C(=O)O. The summed E-state index contributed by atoms with van der Waals surface area (Å²) in [6, 6.07) is 3.45. The molecule has 2 heterocycles. The first-order chi connectivity index (χ1) is 8.91. The highest BCUT2D eigenvalue weighted by atomic mass is 16.5. The van der Waals surface area contributed by atoms with Crippen molar-refractivity contribution in [2.24, 2.45) is 0 Å². The monoisotopic (exact) mass is 265 g/mol. The average molecular weight is 265 g/mol. The second-order valence-corrected chi connectivity index (χ2v) is 4.71. The van der Waals surface area contributed by atoms with E-state index in [9.17, 15) is 4.79 Å². The van der Waals surface area contributed by atoms with Gasteiger partial charge < -0.3 is 14.0 Å². The zero-order valence-electron chi connectivity index (χ0n) is 11.0. The summed E-state index contributed by atoms with van der Waals surface area (Å²) >= 11 is 0. The van der Waals surface area contributed by atoms with Gasteiger partial charge in [0.1, 0.15) is 5.54 Å². The highest BCUT2D eigenvalue weighted by Crippen LogP contribution is 2.19. The van der Waals surface area contributed by atoms with Crippen LogP contribution in [0.4, 0.5) is 0 Å². The first kappa shape index (κ1) is 13.3. The number of aliphatic carboxylic acids is 1. The van der Waals surface area contributed by atoms with E-state index in [2.05, 4.69) is 10.1 Å². The van der Waals surface area contributed by atoms with Crippen LogP contribution in [0.1, 0.15) is 19.7 Å². The van der Waals surface area contributed by atoms with Gasteiger partial charge in [-0.3, -0.25) is 9.69 Å². The van der Waals surface area contributed by atoms with Gasteiger partial charge in [0.25, 0.3) is 0 Å². The Labute approximate surface area is 109 Å². The van der Waals surface area contributed by atoms with Gasteiger partial charge in [-0.25, -0.2) is 0 Å². The lowest BCUT2D eigenvalue weighted by atomic mass is 10.0. The van der Waals surface area contributed by atoms with E-state index in [1.54, 1.807) is 37.9 Å². The molecule has 19 heavy (non-hydrogen) atoms. The Hall–Kier alpha value is -2.15. The van der Waals surface area contributed by atoms with Crippen LogP contribution in [0.3, 0.4) is 0 Å². The van der Waals surface area contributed by atoms with Gasteiger partial charge in [-0.15, -0.1) is 0 Å². The molecule has 102 valence electrons. The van der Waals surface area contributed by atoms with Crippen molar-refractivity contribution in [3.8, 4) is 11.6 Å². The van der Waals surface area contributed by atoms with Crippen LogP contribution < -0.4 is 0 Å². The smallest absolute Gasteiger partial charge is 0.323 e. The Kier molecular flexibility index (Phi) is 3.39. The van der Waals surface area contributed by atoms with Crippen molar-refractivity contribution in [1.82, 2.24) is 15.0 Å². The summed E-state index contributed by atoms with van der Waals surface area (Å²) in [5.41, 5.74) is -1.01. The first-order valence-electron chi connectivity index (χ1n) is 5.72. The predicted octanol–water partition coefficient (Wildman–Crippen LogP) is 1.62. The summed E-state index contributed by atoms with van der Waals surface area (Å²) in [7, 11) is 1.69. The zero-order chi connectivity index (χ0) is 14.0. The fraction of sp³-hybridized carbons (Fsp3) is 0.417. The van der Waals surface area contributed by atoms with Gasteiger partial charge in [0.2, 0.25) is 11.7 Å². The Morgan fingerprint density at radius 1 is 1.53 bits per heavy atom. The third-order valence-corrected chi connectivity index (χ3v) is 3.06. The number of nitrogens with zero attached hydrogens (tertiary/aromatic N) is 3. The van der Waals surface area contributed by atoms with E-state index in [1.807, 2.05) is 0 Å². The maximum atomic E-state index is 11.1. The van der Waals surface area contributed by atoms with Crippen molar-refractivity contribution in [3.63, 3.8) is 0 Å². The highest BCUT2D eigenvalue weighted by Gasteiger charge is 2.33. The van der Waals surface area contributed by atoms with Crippen LogP contribution >= 0.6 is 0 Å². The average Bonchev–Trinajstić information content (AvgIpc) is 2.97. The van der Waals surface area contributed by atoms with Crippen LogP contribution in [-0.2, 0) is 11.3 Å². The second kappa shape index (κ2) is 4.85. The molecule has 0 saturated heterocycles. The first-order valence-corrected chi connectivity index (χ1v) is 5.72. The van der Waals surface area contributed by atoms with Crippen molar-refractivity contribution in [1.29, 1.82) is 0 Å². The van der Waals surface area contributed by atoms with Crippen LogP contribution in [0.5, 0.6) is 0 Å². The van der Waals surface area contributed by atoms with E-state index in [0.717, 1.165) is 0 Å². The quantitative estimate of drug-likeness (QED) is 0.878.